The van der Waals surface area contributed by atoms with Crippen LogP contribution in [0.25, 0.3) is 0 Å². The quantitative estimate of drug-likeness (QED) is 0.487. The number of thiazole rings is 1. The molecule has 1 aromatic carbocycles. The Morgan fingerprint density at radius 3 is 2.68 bits per heavy atom. The summed E-state index contributed by atoms with van der Waals surface area (Å²) in [5.41, 5.74) is 0.397. The minimum Gasteiger partial charge on any atom is -0.352 e. The zero-order valence-electron chi connectivity index (χ0n) is 16.1. The topological polar surface area (TPSA) is 96.0 Å². The number of benzene rings is 1. The lowest BCUT2D eigenvalue weighted by atomic mass is 10.2. The van der Waals surface area contributed by atoms with E-state index in [4.69, 9.17) is 0 Å². The van der Waals surface area contributed by atoms with Gasteiger partial charge in [0.15, 0.2) is 5.13 Å². The molecule has 2 amide bonds. The number of pyridine rings is 1. The molecule has 162 valence electrons. The third kappa shape index (κ3) is 6.78. The Balaban J connectivity index is 1.45. The summed E-state index contributed by atoms with van der Waals surface area (Å²) in [5.74, 6) is -0.706. The van der Waals surface area contributed by atoms with E-state index in [0.29, 0.717) is 6.54 Å². The summed E-state index contributed by atoms with van der Waals surface area (Å²) in [6.07, 6.45) is -1.07. The lowest BCUT2D eigenvalue weighted by molar-refractivity contribution is -0.137. The van der Waals surface area contributed by atoms with Crippen LogP contribution < -0.4 is 16.0 Å². The number of nitrogens with zero attached hydrogens (tertiary/aromatic N) is 2. The van der Waals surface area contributed by atoms with Gasteiger partial charge in [0.05, 0.1) is 5.56 Å². The molecule has 0 aliphatic rings. The van der Waals surface area contributed by atoms with Crippen molar-refractivity contribution in [2.24, 2.45) is 0 Å². The maximum atomic E-state index is 12.8. The Hall–Kier alpha value is -3.47. The lowest BCUT2D eigenvalue weighted by Gasteiger charge is -2.09. The van der Waals surface area contributed by atoms with E-state index in [0.717, 1.165) is 29.0 Å². The third-order valence-electron chi connectivity index (χ3n) is 4.03. The van der Waals surface area contributed by atoms with E-state index in [1.807, 2.05) is 6.07 Å². The number of carbonyl (C=O) groups is 2. The van der Waals surface area contributed by atoms with Crippen LogP contribution in [0.3, 0.4) is 0 Å². The minimum absolute atomic E-state index is 0.0888. The fourth-order valence-electron chi connectivity index (χ4n) is 2.50. The second-order valence-corrected chi connectivity index (χ2v) is 7.24. The zero-order valence-corrected chi connectivity index (χ0v) is 16.9. The first-order valence-corrected chi connectivity index (χ1v) is 10.0. The second-order valence-electron chi connectivity index (χ2n) is 6.39. The van der Waals surface area contributed by atoms with E-state index in [1.165, 1.54) is 17.5 Å². The molecule has 0 saturated heterocycles. The van der Waals surface area contributed by atoms with Crippen LogP contribution in [-0.2, 0) is 17.5 Å². The van der Waals surface area contributed by atoms with Crippen molar-refractivity contribution in [3.63, 3.8) is 0 Å². The van der Waals surface area contributed by atoms with E-state index in [2.05, 4.69) is 25.9 Å². The fourth-order valence-corrected chi connectivity index (χ4v) is 3.21. The van der Waals surface area contributed by atoms with Crippen LogP contribution in [0.5, 0.6) is 0 Å². The third-order valence-corrected chi connectivity index (χ3v) is 4.79. The van der Waals surface area contributed by atoms with E-state index < -0.39 is 17.6 Å². The smallest absolute Gasteiger partial charge is 0.352 e. The van der Waals surface area contributed by atoms with Crippen molar-refractivity contribution < 1.29 is 22.8 Å². The highest BCUT2D eigenvalue weighted by Crippen LogP contribution is 2.31. The average molecular weight is 449 g/mol. The van der Waals surface area contributed by atoms with Gasteiger partial charge in [0.25, 0.3) is 5.91 Å². The zero-order chi connectivity index (χ0) is 22.3. The van der Waals surface area contributed by atoms with Gasteiger partial charge >= 0.3 is 6.18 Å². The molecule has 3 N–H and O–H groups in total. The Kier molecular flexibility index (Phi) is 7.19. The number of halogens is 3. The summed E-state index contributed by atoms with van der Waals surface area (Å²) in [7, 11) is 0. The maximum absolute atomic E-state index is 12.8. The number of hydrogen-bond acceptors (Lipinski definition) is 6. The molecule has 2 aromatic heterocycles. The molecule has 7 nitrogen and oxygen atoms in total. The Morgan fingerprint density at radius 1 is 1.10 bits per heavy atom. The van der Waals surface area contributed by atoms with Gasteiger partial charge in [0, 0.05) is 43.0 Å². The van der Waals surface area contributed by atoms with Crippen molar-refractivity contribution in [1.29, 1.82) is 0 Å². The Labute approximate surface area is 179 Å². The van der Waals surface area contributed by atoms with Gasteiger partial charge in [-0.1, -0.05) is 12.1 Å². The van der Waals surface area contributed by atoms with Crippen LogP contribution in [0.1, 0.15) is 28.0 Å². The van der Waals surface area contributed by atoms with E-state index in [1.54, 1.807) is 18.5 Å². The van der Waals surface area contributed by atoms with E-state index in [9.17, 15) is 22.8 Å². The molecule has 0 fully saturated rings. The molecular weight excluding hydrogens is 431 g/mol. The van der Waals surface area contributed by atoms with Gasteiger partial charge in [-0.3, -0.25) is 14.6 Å². The van der Waals surface area contributed by atoms with Crippen LogP contribution in [0.2, 0.25) is 0 Å². The summed E-state index contributed by atoms with van der Waals surface area (Å²) in [4.78, 5) is 32.1. The number of amides is 2. The SMILES string of the molecule is O=C(CCNC(=O)c1csc(Nc2cccc(C(F)(F)F)c2)n1)NCc1cccnc1. The highest BCUT2D eigenvalue weighted by Gasteiger charge is 2.30. The summed E-state index contributed by atoms with van der Waals surface area (Å²) in [5, 5.41) is 9.83. The monoisotopic (exact) mass is 449 g/mol. The summed E-state index contributed by atoms with van der Waals surface area (Å²) >= 11 is 1.08. The summed E-state index contributed by atoms with van der Waals surface area (Å²) in [6.45, 7) is 0.461. The molecule has 0 saturated carbocycles. The van der Waals surface area contributed by atoms with Gasteiger partial charge in [0.1, 0.15) is 5.69 Å². The molecule has 0 bridgehead atoms. The summed E-state index contributed by atoms with van der Waals surface area (Å²) < 4.78 is 38.4. The lowest BCUT2D eigenvalue weighted by Crippen LogP contribution is -2.30. The molecule has 0 aliphatic carbocycles. The fraction of sp³-hybridized carbons (Fsp3) is 0.200. The van der Waals surface area contributed by atoms with Crippen molar-refractivity contribution in [1.82, 2.24) is 20.6 Å². The predicted octanol–water partition coefficient (Wildman–Crippen LogP) is 3.74. The van der Waals surface area contributed by atoms with E-state index in [-0.39, 0.29) is 35.4 Å². The van der Waals surface area contributed by atoms with Crippen LogP contribution in [0.15, 0.2) is 54.2 Å². The Morgan fingerprint density at radius 2 is 1.94 bits per heavy atom. The number of hydrogen-bond donors (Lipinski definition) is 3. The van der Waals surface area contributed by atoms with Crippen molar-refractivity contribution in [3.8, 4) is 0 Å². The Bertz CT molecular complexity index is 1040. The molecule has 0 radical (unpaired) electrons. The van der Waals surface area contributed by atoms with Gasteiger partial charge in [-0.25, -0.2) is 4.98 Å². The average Bonchev–Trinajstić information content (AvgIpc) is 3.21. The normalized spacial score (nSPS) is 11.1. The van der Waals surface area contributed by atoms with Crippen molar-refractivity contribution in [2.45, 2.75) is 19.1 Å². The van der Waals surface area contributed by atoms with Crippen molar-refractivity contribution >= 4 is 34.0 Å². The standard InChI is InChI=1S/C20H18F3N5O2S/c21-20(22,23)14-4-1-5-15(9-14)27-19-28-16(12-31-19)18(30)25-8-6-17(29)26-11-13-3-2-7-24-10-13/h1-5,7,9-10,12H,6,8,11H2,(H,25,30)(H,26,29)(H,27,28). The maximum Gasteiger partial charge on any atom is 0.416 e. The number of alkyl halides is 3. The van der Waals surface area contributed by atoms with E-state index >= 15 is 0 Å². The first-order valence-electron chi connectivity index (χ1n) is 9.15. The van der Waals surface area contributed by atoms with Gasteiger partial charge in [-0.2, -0.15) is 13.2 Å². The number of aromatic nitrogens is 2. The van der Waals surface area contributed by atoms with Crippen LogP contribution in [0, 0.1) is 0 Å². The first-order chi connectivity index (χ1) is 14.8. The van der Waals surface area contributed by atoms with Gasteiger partial charge < -0.3 is 16.0 Å². The minimum atomic E-state index is -4.45. The number of anilines is 2. The molecule has 0 spiro atoms. The largest absolute Gasteiger partial charge is 0.416 e. The number of carbonyl (C=O) groups excluding carboxylic acids is 2. The van der Waals surface area contributed by atoms with Gasteiger partial charge in [-0.15, -0.1) is 11.3 Å². The molecule has 0 aliphatic heterocycles. The molecule has 3 rings (SSSR count). The second kappa shape index (κ2) is 10.0. The number of rotatable bonds is 8. The molecule has 0 atom stereocenters. The highest BCUT2D eigenvalue weighted by molar-refractivity contribution is 7.14. The molecule has 3 aromatic rings. The highest BCUT2D eigenvalue weighted by atomic mass is 32.1. The molecular formula is C20H18F3N5O2S. The van der Waals surface area contributed by atoms with Gasteiger partial charge in [0.2, 0.25) is 5.91 Å². The molecule has 0 unspecified atom stereocenters. The first kappa shape index (κ1) is 22.2. The van der Waals surface area contributed by atoms with Crippen molar-refractivity contribution in [3.05, 3.63) is 71.0 Å². The van der Waals surface area contributed by atoms with Crippen molar-refractivity contribution in [2.75, 3.05) is 11.9 Å². The van der Waals surface area contributed by atoms with Crippen LogP contribution in [0.4, 0.5) is 24.0 Å². The predicted molar refractivity (Wildman–Crippen MR) is 110 cm³/mol. The summed E-state index contributed by atoms with van der Waals surface area (Å²) in [6, 6.07) is 8.30. The van der Waals surface area contributed by atoms with Crippen LogP contribution in [-0.4, -0.2) is 28.3 Å². The molecule has 31 heavy (non-hydrogen) atoms. The number of nitrogens with one attached hydrogen (secondary N) is 3. The molecule has 2 heterocycles. The van der Waals surface area contributed by atoms with Crippen LogP contribution >= 0.6 is 11.3 Å². The van der Waals surface area contributed by atoms with Gasteiger partial charge in [-0.05, 0) is 29.8 Å². The molecule has 11 heteroatoms.